The lowest BCUT2D eigenvalue weighted by Crippen LogP contribution is -2.16. The zero-order valence-corrected chi connectivity index (χ0v) is 10.5. The Kier molecular flexibility index (Phi) is 5.26. The molecule has 2 atom stereocenters. The highest BCUT2D eigenvalue weighted by Crippen LogP contribution is 2.27. The lowest BCUT2D eigenvalue weighted by Gasteiger charge is -2.18. The van der Waals surface area contributed by atoms with Crippen molar-refractivity contribution in [3.63, 3.8) is 0 Å². The maximum atomic E-state index is 9.47. The van der Waals surface area contributed by atoms with E-state index in [0.717, 1.165) is 17.0 Å². The number of benzene rings is 1. The second-order valence-corrected chi connectivity index (χ2v) is 4.59. The van der Waals surface area contributed by atoms with E-state index in [4.69, 9.17) is 16.7 Å². The first-order valence-corrected chi connectivity index (χ1v) is 6.01. The Morgan fingerprint density at radius 3 is 2.56 bits per heavy atom. The van der Waals surface area contributed by atoms with Gasteiger partial charge >= 0.3 is 0 Å². The minimum absolute atomic E-state index is 0.178. The summed E-state index contributed by atoms with van der Waals surface area (Å²) < 4.78 is 0. The van der Waals surface area contributed by atoms with Crippen molar-refractivity contribution >= 4 is 11.6 Å². The quantitative estimate of drug-likeness (QED) is 0.834. The molecule has 1 aromatic carbocycles. The van der Waals surface area contributed by atoms with Crippen molar-refractivity contribution in [3.05, 3.63) is 34.3 Å². The molecule has 0 bridgehead atoms. The number of aliphatic hydroxyl groups excluding tert-OH is 2. The van der Waals surface area contributed by atoms with Gasteiger partial charge in [0.05, 0.1) is 12.7 Å². The standard InChI is InChI=1S/C13H19ClO2/c1-3-10(7-12(16)8-15)11-4-5-13(14)9(2)6-11/h4-6,10,12,15-16H,3,7-8H2,1-2H3. The molecule has 0 saturated carbocycles. The van der Waals surface area contributed by atoms with Gasteiger partial charge in [-0.3, -0.25) is 0 Å². The maximum Gasteiger partial charge on any atom is 0.0776 e. The molecule has 90 valence electrons. The van der Waals surface area contributed by atoms with Gasteiger partial charge in [-0.1, -0.05) is 30.7 Å². The molecule has 0 radical (unpaired) electrons. The van der Waals surface area contributed by atoms with E-state index >= 15 is 0 Å². The number of rotatable bonds is 5. The Hall–Kier alpha value is -0.570. The van der Waals surface area contributed by atoms with Crippen LogP contribution in [0.2, 0.25) is 5.02 Å². The number of hydrogen-bond donors (Lipinski definition) is 2. The Balaban J connectivity index is 2.82. The monoisotopic (exact) mass is 242 g/mol. The third-order valence-electron chi connectivity index (χ3n) is 2.91. The molecular formula is C13H19ClO2. The third kappa shape index (κ3) is 3.48. The Labute approximate surface area is 102 Å². The van der Waals surface area contributed by atoms with Crippen molar-refractivity contribution in [2.75, 3.05) is 6.61 Å². The summed E-state index contributed by atoms with van der Waals surface area (Å²) in [5.74, 6) is 0.276. The minimum Gasteiger partial charge on any atom is -0.394 e. The summed E-state index contributed by atoms with van der Waals surface area (Å²) in [4.78, 5) is 0. The van der Waals surface area contributed by atoms with Gasteiger partial charge in [0.15, 0.2) is 0 Å². The maximum absolute atomic E-state index is 9.47. The third-order valence-corrected chi connectivity index (χ3v) is 3.34. The van der Waals surface area contributed by atoms with Gasteiger partial charge in [0.25, 0.3) is 0 Å². The molecule has 0 aliphatic rings. The van der Waals surface area contributed by atoms with Crippen molar-refractivity contribution in [3.8, 4) is 0 Å². The average molecular weight is 243 g/mol. The second-order valence-electron chi connectivity index (χ2n) is 4.19. The van der Waals surface area contributed by atoms with Crippen LogP contribution in [0.5, 0.6) is 0 Å². The summed E-state index contributed by atoms with van der Waals surface area (Å²) in [6, 6.07) is 5.94. The van der Waals surface area contributed by atoms with E-state index in [-0.39, 0.29) is 12.5 Å². The normalized spacial score (nSPS) is 14.8. The fourth-order valence-electron chi connectivity index (χ4n) is 1.86. The van der Waals surface area contributed by atoms with Crippen LogP contribution in [0.3, 0.4) is 0 Å². The van der Waals surface area contributed by atoms with Crippen molar-refractivity contribution in [1.29, 1.82) is 0 Å². The number of halogens is 1. The predicted molar refractivity (Wildman–Crippen MR) is 66.9 cm³/mol. The molecule has 0 aliphatic carbocycles. The van der Waals surface area contributed by atoms with E-state index in [9.17, 15) is 5.11 Å². The van der Waals surface area contributed by atoms with Crippen LogP contribution in [-0.2, 0) is 0 Å². The number of hydrogen-bond acceptors (Lipinski definition) is 2. The number of aryl methyl sites for hydroxylation is 1. The summed E-state index contributed by atoms with van der Waals surface area (Å²) in [7, 11) is 0. The SMILES string of the molecule is CCC(CC(O)CO)c1ccc(Cl)c(C)c1. The van der Waals surface area contributed by atoms with Crippen molar-refractivity contribution in [2.24, 2.45) is 0 Å². The van der Waals surface area contributed by atoms with Crippen LogP contribution >= 0.6 is 11.6 Å². The molecule has 0 saturated heterocycles. The molecule has 0 fully saturated rings. The molecule has 3 heteroatoms. The van der Waals surface area contributed by atoms with Gasteiger partial charge in [-0.2, -0.15) is 0 Å². The highest BCUT2D eigenvalue weighted by molar-refractivity contribution is 6.31. The van der Waals surface area contributed by atoms with E-state index in [1.807, 2.05) is 19.1 Å². The van der Waals surface area contributed by atoms with Gasteiger partial charge in [0.2, 0.25) is 0 Å². The van der Waals surface area contributed by atoms with Crippen molar-refractivity contribution in [1.82, 2.24) is 0 Å². The Morgan fingerprint density at radius 2 is 2.06 bits per heavy atom. The Morgan fingerprint density at radius 1 is 1.38 bits per heavy atom. The molecule has 0 spiro atoms. The van der Waals surface area contributed by atoms with Crippen molar-refractivity contribution in [2.45, 2.75) is 38.7 Å². The van der Waals surface area contributed by atoms with E-state index in [0.29, 0.717) is 6.42 Å². The van der Waals surface area contributed by atoms with E-state index in [2.05, 4.69) is 13.0 Å². The van der Waals surface area contributed by atoms with Crippen LogP contribution in [0.15, 0.2) is 18.2 Å². The average Bonchev–Trinajstić information content (AvgIpc) is 2.29. The summed E-state index contributed by atoms with van der Waals surface area (Å²) in [5, 5.41) is 19.1. The molecule has 0 aliphatic heterocycles. The molecule has 0 amide bonds. The largest absolute Gasteiger partial charge is 0.394 e. The fourth-order valence-corrected chi connectivity index (χ4v) is 1.98. The molecule has 1 aromatic rings. The summed E-state index contributed by atoms with van der Waals surface area (Å²) in [5.41, 5.74) is 2.23. The first-order chi connectivity index (χ1) is 7.58. The fraction of sp³-hybridized carbons (Fsp3) is 0.538. The highest BCUT2D eigenvalue weighted by Gasteiger charge is 2.14. The highest BCUT2D eigenvalue weighted by atomic mass is 35.5. The first kappa shape index (κ1) is 13.5. The molecule has 2 N–H and O–H groups in total. The molecule has 0 heterocycles. The topological polar surface area (TPSA) is 40.5 Å². The lowest BCUT2D eigenvalue weighted by atomic mass is 9.90. The zero-order valence-electron chi connectivity index (χ0n) is 9.78. The van der Waals surface area contributed by atoms with E-state index < -0.39 is 6.10 Å². The Bertz CT molecular complexity index is 339. The second kappa shape index (κ2) is 6.24. The molecule has 2 nitrogen and oxygen atoms in total. The predicted octanol–water partition coefficient (Wildman–Crippen LogP) is 2.89. The molecule has 16 heavy (non-hydrogen) atoms. The van der Waals surface area contributed by atoms with Crippen LogP contribution in [0.4, 0.5) is 0 Å². The molecule has 0 aromatic heterocycles. The smallest absolute Gasteiger partial charge is 0.0776 e. The van der Waals surface area contributed by atoms with Crippen LogP contribution in [-0.4, -0.2) is 22.9 Å². The first-order valence-electron chi connectivity index (χ1n) is 5.63. The van der Waals surface area contributed by atoms with Gasteiger partial charge in [-0.15, -0.1) is 0 Å². The summed E-state index contributed by atoms with van der Waals surface area (Å²) in [6.45, 7) is 3.88. The van der Waals surface area contributed by atoms with E-state index in [1.54, 1.807) is 0 Å². The minimum atomic E-state index is -0.638. The molecule has 1 rings (SSSR count). The van der Waals surface area contributed by atoms with Gasteiger partial charge in [0.1, 0.15) is 0 Å². The zero-order chi connectivity index (χ0) is 12.1. The van der Waals surface area contributed by atoms with Crippen molar-refractivity contribution < 1.29 is 10.2 Å². The summed E-state index contributed by atoms with van der Waals surface area (Å²) >= 11 is 5.97. The lowest BCUT2D eigenvalue weighted by molar-refractivity contribution is 0.0817. The van der Waals surface area contributed by atoms with Gasteiger partial charge < -0.3 is 10.2 Å². The van der Waals surface area contributed by atoms with Crippen LogP contribution in [0, 0.1) is 6.92 Å². The van der Waals surface area contributed by atoms with Gasteiger partial charge in [-0.25, -0.2) is 0 Å². The molecule has 2 unspecified atom stereocenters. The van der Waals surface area contributed by atoms with Gasteiger partial charge in [-0.05, 0) is 42.9 Å². The molecular weight excluding hydrogens is 224 g/mol. The van der Waals surface area contributed by atoms with Gasteiger partial charge in [0, 0.05) is 5.02 Å². The number of aliphatic hydroxyl groups is 2. The van der Waals surface area contributed by atoms with E-state index in [1.165, 1.54) is 5.56 Å². The van der Waals surface area contributed by atoms with Crippen LogP contribution in [0.1, 0.15) is 36.8 Å². The van der Waals surface area contributed by atoms with Crippen LogP contribution in [0.25, 0.3) is 0 Å². The van der Waals surface area contributed by atoms with Crippen LogP contribution < -0.4 is 0 Å². The summed E-state index contributed by atoms with van der Waals surface area (Å²) in [6.07, 6.45) is 0.896.